The molecule has 0 heterocycles. The molecule has 0 aromatic heterocycles. The van der Waals surface area contributed by atoms with Crippen molar-refractivity contribution in [2.75, 3.05) is 0 Å². The Morgan fingerprint density at radius 3 is 2.05 bits per heavy atom. The van der Waals surface area contributed by atoms with Crippen LogP contribution in [0.3, 0.4) is 0 Å². The summed E-state index contributed by atoms with van der Waals surface area (Å²) in [5, 5.41) is 3.01. The number of ether oxygens (including phenoxy) is 1. The maximum atomic E-state index is 14.0. The average Bonchev–Trinajstić information content (AvgIpc) is 2.80. The van der Waals surface area contributed by atoms with Crippen molar-refractivity contribution in [2.45, 2.75) is 44.4 Å². The molecule has 0 aliphatic heterocycles. The lowest BCUT2D eigenvalue weighted by Crippen LogP contribution is -2.36. The van der Waals surface area contributed by atoms with Gasteiger partial charge in [-0.25, -0.2) is 4.39 Å². The Bertz CT molecular complexity index is 1210. The van der Waals surface area contributed by atoms with E-state index in [9.17, 15) is 35.5 Å². The predicted molar refractivity (Wildman–Crippen MR) is 122 cm³/mol. The average molecular weight is 528 g/mol. The number of benzene rings is 3. The van der Waals surface area contributed by atoms with Crippen LogP contribution in [0.1, 0.15) is 46.3 Å². The van der Waals surface area contributed by atoms with Gasteiger partial charge in [0.2, 0.25) is 5.91 Å². The molecule has 198 valence electrons. The maximum Gasteiger partial charge on any atom is 0.573 e. The van der Waals surface area contributed by atoms with Crippen molar-refractivity contribution >= 4 is 5.91 Å². The smallest absolute Gasteiger partial charge is 0.403 e. The molecule has 0 fully saturated rings. The largest absolute Gasteiger partial charge is 0.573 e. The van der Waals surface area contributed by atoms with E-state index in [0.29, 0.717) is 11.1 Å². The van der Waals surface area contributed by atoms with E-state index in [0.717, 1.165) is 29.8 Å². The molecule has 4 nitrogen and oxygen atoms in total. The van der Waals surface area contributed by atoms with E-state index in [1.807, 2.05) is 6.92 Å². The van der Waals surface area contributed by atoms with Crippen molar-refractivity contribution in [1.29, 1.82) is 0 Å². The highest BCUT2D eigenvalue weighted by Gasteiger charge is 2.33. The number of aryl methyl sites for hydroxylation is 2. The minimum atomic E-state index is -5.14. The Labute approximate surface area is 208 Å². The number of primary amides is 1. The van der Waals surface area contributed by atoms with E-state index in [2.05, 4.69) is 10.1 Å². The normalized spacial score (nSPS) is 13.7. The quantitative estimate of drug-likeness (QED) is 0.310. The Morgan fingerprint density at radius 1 is 0.919 bits per heavy atom. The molecule has 11 heteroatoms. The molecule has 0 aliphatic carbocycles. The van der Waals surface area contributed by atoms with Gasteiger partial charge < -0.3 is 10.5 Å². The molecule has 0 unspecified atom stereocenters. The van der Waals surface area contributed by atoms with Gasteiger partial charge in [0.25, 0.3) is 0 Å². The summed E-state index contributed by atoms with van der Waals surface area (Å²) >= 11 is 0. The number of rotatable bonds is 9. The van der Waals surface area contributed by atoms with Crippen molar-refractivity contribution in [3.63, 3.8) is 0 Å². The molecular formula is C26H23F7N2O2. The third kappa shape index (κ3) is 7.94. The van der Waals surface area contributed by atoms with Crippen LogP contribution >= 0.6 is 0 Å². The zero-order chi connectivity index (χ0) is 27.4. The van der Waals surface area contributed by atoms with Crippen LogP contribution < -0.4 is 15.8 Å². The summed E-state index contributed by atoms with van der Waals surface area (Å²) in [5.74, 6) is -3.07. The van der Waals surface area contributed by atoms with Gasteiger partial charge in [-0.05, 0) is 60.7 Å². The Balaban J connectivity index is 1.93. The predicted octanol–water partition coefficient (Wildman–Crippen LogP) is 6.54. The fraction of sp³-hybridized carbons (Fsp3) is 0.269. The number of alkyl halides is 6. The van der Waals surface area contributed by atoms with Crippen LogP contribution in [0.5, 0.6) is 5.75 Å². The third-order valence-electron chi connectivity index (χ3n) is 5.65. The van der Waals surface area contributed by atoms with Crippen molar-refractivity contribution in [3.05, 3.63) is 100 Å². The van der Waals surface area contributed by atoms with Crippen molar-refractivity contribution in [2.24, 2.45) is 5.73 Å². The Morgan fingerprint density at radius 2 is 1.51 bits per heavy atom. The van der Waals surface area contributed by atoms with Gasteiger partial charge in [-0.1, -0.05) is 48.0 Å². The summed E-state index contributed by atoms with van der Waals surface area (Å²) in [6, 6.07) is 12.2. The first-order valence-electron chi connectivity index (χ1n) is 11.1. The molecule has 1 amide bonds. The van der Waals surface area contributed by atoms with Crippen molar-refractivity contribution < 1.29 is 40.3 Å². The van der Waals surface area contributed by atoms with Crippen LogP contribution in [0.15, 0.2) is 66.7 Å². The minimum Gasteiger partial charge on any atom is -0.403 e. The Hall–Kier alpha value is -3.60. The molecule has 37 heavy (non-hydrogen) atoms. The maximum absolute atomic E-state index is 14.0. The molecule has 0 spiro atoms. The van der Waals surface area contributed by atoms with Crippen LogP contribution in [0.2, 0.25) is 0 Å². The number of nitrogens with two attached hydrogens (primary N) is 1. The summed E-state index contributed by atoms with van der Waals surface area (Å²) < 4.78 is 94.7. The highest BCUT2D eigenvalue weighted by Crippen LogP contribution is 2.32. The molecule has 0 aliphatic rings. The van der Waals surface area contributed by atoms with Crippen molar-refractivity contribution in [1.82, 2.24) is 5.32 Å². The molecule has 3 rings (SSSR count). The van der Waals surface area contributed by atoms with Crippen LogP contribution in [0.4, 0.5) is 30.7 Å². The molecule has 3 aromatic carbocycles. The molecule has 3 aromatic rings. The van der Waals surface area contributed by atoms with E-state index >= 15 is 0 Å². The van der Waals surface area contributed by atoms with E-state index in [-0.39, 0.29) is 18.4 Å². The number of hydrogen-bond donors (Lipinski definition) is 2. The van der Waals surface area contributed by atoms with Crippen LogP contribution in [-0.4, -0.2) is 12.3 Å². The number of carbonyl (C=O) groups is 1. The van der Waals surface area contributed by atoms with E-state index < -0.39 is 47.7 Å². The lowest BCUT2D eigenvalue weighted by Gasteiger charge is -2.26. The standard InChI is InChI=1S/C26H23F7N2O2/c1-15-2-7-17(8-3-15)23(24(34)36)35-21(13-6-16-4-10-19(11-5-16)25(28,29)30)18-9-12-20(27)22(14-18)37-26(31,32)33/h2-5,7-12,14,21,23,35H,6,13H2,1H3,(H2,34,36)/t21-,23+/m0/s1. The number of hydrogen-bond acceptors (Lipinski definition) is 3. The lowest BCUT2D eigenvalue weighted by molar-refractivity contribution is -0.275. The second-order valence-electron chi connectivity index (χ2n) is 8.44. The summed E-state index contributed by atoms with van der Waals surface area (Å²) in [4.78, 5) is 12.3. The Kier molecular flexibility index (Phi) is 8.47. The molecule has 0 radical (unpaired) electrons. The number of nitrogens with one attached hydrogen (secondary N) is 1. The molecule has 3 N–H and O–H groups in total. The summed E-state index contributed by atoms with van der Waals surface area (Å²) in [6.07, 6.45) is -9.34. The van der Waals surface area contributed by atoms with Crippen LogP contribution in [0, 0.1) is 12.7 Å². The fourth-order valence-corrected chi connectivity index (χ4v) is 3.76. The SMILES string of the molecule is Cc1ccc([C@@H](N[C@@H](CCc2ccc(C(F)(F)F)cc2)c2ccc(F)c(OC(F)(F)F)c2)C(N)=O)cc1. The topological polar surface area (TPSA) is 64.3 Å². The van der Waals surface area contributed by atoms with Crippen LogP contribution in [-0.2, 0) is 17.4 Å². The highest BCUT2D eigenvalue weighted by atomic mass is 19.4. The second-order valence-corrected chi connectivity index (χ2v) is 8.44. The summed E-state index contributed by atoms with van der Waals surface area (Å²) in [6.45, 7) is 1.84. The van der Waals surface area contributed by atoms with Gasteiger partial charge >= 0.3 is 12.5 Å². The van der Waals surface area contributed by atoms with Crippen LogP contribution in [0.25, 0.3) is 0 Å². The number of halogens is 7. The van der Waals surface area contributed by atoms with E-state index in [1.54, 1.807) is 24.3 Å². The monoisotopic (exact) mass is 528 g/mol. The van der Waals surface area contributed by atoms with Gasteiger partial charge in [-0.3, -0.25) is 10.1 Å². The lowest BCUT2D eigenvalue weighted by atomic mass is 9.95. The zero-order valence-corrected chi connectivity index (χ0v) is 19.5. The second kappa shape index (κ2) is 11.2. The van der Waals surface area contributed by atoms with Gasteiger partial charge in [-0.15, -0.1) is 13.2 Å². The van der Waals surface area contributed by atoms with Gasteiger partial charge in [0.1, 0.15) is 6.04 Å². The molecule has 0 bridgehead atoms. The number of amides is 1. The molecule has 0 saturated carbocycles. The third-order valence-corrected chi connectivity index (χ3v) is 5.65. The summed E-state index contributed by atoms with van der Waals surface area (Å²) in [7, 11) is 0. The highest BCUT2D eigenvalue weighted by molar-refractivity contribution is 5.81. The minimum absolute atomic E-state index is 0.123. The van der Waals surface area contributed by atoms with Gasteiger partial charge in [0, 0.05) is 6.04 Å². The van der Waals surface area contributed by atoms with E-state index in [1.165, 1.54) is 18.2 Å². The first-order valence-corrected chi connectivity index (χ1v) is 11.1. The fourth-order valence-electron chi connectivity index (χ4n) is 3.76. The first kappa shape index (κ1) is 28.0. The number of carbonyl (C=O) groups excluding carboxylic acids is 1. The van der Waals surface area contributed by atoms with Gasteiger partial charge in [0.15, 0.2) is 11.6 Å². The summed E-state index contributed by atoms with van der Waals surface area (Å²) in [5.41, 5.74) is 6.85. The van der Waals surface area contributed by atoms with E-state index in [4.69, 9.17) is 5.73 Å². The van der Waals surface area contributed by atoms with Gasteiger partial charge in [0.05, 0.1) is 5.56 Å². The van der Waals surface area contributed by atoms with Crippen molar-refractivity contribution in [3.8, 4) is 5.75 Å². The first-order chi connectivity index (χ1) is 17.2. The van der Waals surface area contributed by atoms with Gasteiger partial charge in [-0.2, -0.15) is 13.2 Å². The molecule has 2 atom stereocenters. The zero-order valence-electron chi connectivity index (χ0n) is 19.5. The molecular weight excluding hydrogens is 505 g/mol. The molecule has 0 saturated heterocycles.